The lowest BCUT2D eigenvalue weighted by molar-refractivity contribution is -0.310. The number of esters is 3. The number of carbonyl (C=O) groups is 3. The van der Waals surface area contributed by atoms with E-state index in [9.17, 15) is 19.5 Å². The van der Waals surface area contributed by atoms with Crippen molar-refractivity contribution in [2.75, 3.05) is 0 Å². The molecule has 190 valence electrons. The Bertz CT molecular complexity index is 884. The topological polar surface area (TPSA) is 108 Å². The van der Waals surface area contributed by atoms with Gasteiger partial charge in [-0.3, -0.25) is 14.4 Å². The summed E-state index contributed by atoms with van der Waals surface area (Å²) in [5.74, 6) is -2.19. The van der Waals surface area contributed by atoms with E-state index in [1.807, 2.05) is 6.92 Å². The molecule has 0 aromatic rings. The van der Waals surface area contributed by atoms with Crippen LogP contribution < -0.4 is 0 Å². The Morgan fingerprint density at radius 1 is 1.15 bits per heavy atom. The molecule has 5 rings (SSSR count). The fraction of sp³-hybridized carbons (Fsp3) is 0.885. The first-order valence-corrected chi connectivity index (χ1v) is 12.9. The number of fused-ring (bicyclic) bond motifs is 2. The summed E-state index contributed by atoms with van der Waals surface area (Å²) in [5.41, 5.74) is -1.56. The number of ether oxygens (including phenoxy) is 4. The van der Waals surface area contributed by atoms with Crippen molar-refractivity contribution >= 4 is 17.9 Å². The van der Waals surface area contributed by atoms with E-state index in [2.05, 4.69) is 20.8 Å². The van der Waals surface area contributed by atoms with Crippen LogP contribution in [0.1, 0.15) is 79.6 Å². The number of aliphatic hydroxyl groups excluding tert-OH is 1. The van der Waals surface area contributed by atoms with Crippen LogP contribution in [-0.2, 0) is 33.3 Å². The molecule has 5 aliphatic rings. The molecule has 0 aromatic heterocycles. The van der Waals surface area contributed by atoms with E-state index < -0.39 is 54.0 Å². The Morgan fingerprint density at radius 2 is 1.88 bits per heavy atom. The average Bonchev–Trinajstić information content (AvgIpc) is 3.20. The summed E-state index contributed by atoms with van der Waals surface area (Å²) in [4.78, 5) is 38.2. The monoisotopic (exact) mass is 478 g/mol. The third kappa shape index (κ3) is 3.06. The predicted octanol–water partition coefficient (Wildman–Crippen LogP) is 3.34. The molecular weight excluding hydrogens is 440 g/mol. The van der Waals surface area contributed by atoms with Gasteiger partial charge in [-0.25, -0.2) is 0 Å². The third-order valence-electron chi connectivity index (χ3n) is 9.92. The first-order chi connectivity index (χ1) is 16.0. The van der Waals surface area contributed by atoms with Gasteiger partial charge in [-0.05, 0) is 48.9 Å². The van der Waals surface area contributed by atoms with E-state index in [4.69, 9.17) is 18.9 Å². The van der Waals surface area contributed by atoms with Crippen LogP contribution in [0.25, 0.3) is 0 Å². The molecule has 0 aromatic carbocycles. The van der Waals surface area contributed by atoms with E-state index in [1.165, 1.54) is 6.92 Å². The number of carbonyl (C=O) groups excluding carboxylic acids is 3. The van der Waals surface area contributed by atoms with Gasteiger partial charge in [-0.15, -0.1) is 0 Å². The minimum absolute atomic E-state index is 0.0754. The van der Waals surface area contributed by atoms with Crippen LogP contribution in [0.15, 0.2) is 0 Å². The first-order valence-electron chi connectivity index (χ1n) is 12.9. The minimum atomic E-state index is -1.29. The molecule has 34 heavy (non-hydrogen) atoms. The van der Waals surface area contributed by atoms with Crippen LogP contribution in [0.2, 0.25) is 0 Å². The molecule has 2 heterocycles. The molecule has 3 saturated carbocycles. The second kappa shape index (κ2) is 7.92. The number of rotatable bonds is 4. The fourth-order valence-electron chi connectivity index (χ4n) is 9.14. The van der Waals surface area contributed by atoms with E-state index in [0.29, 0.717) is 19.3 Å². The minimum Gasteiger partial charge on any atom is -0.458 e. The van der Waals surface area contributed by atoms with Crippen LogP contribution in [0.5, 0.6) is 0 Å². The lowest BCUT2D eigenvalue weighted by atomic mass is 9.37. The van der Waals surface area contributed by atoms with Gasteiger partial charge >= 0.3 is 17.9 Å². The van der Waals surface area contributed by atoms with Gasteiger partial charge in [0.25, 0.3) is 0 Å². The molecule has 8 nitrogen and oxygen atoms in total. The van der Waals surface area contributed by atoms with Crippen molar-refractivity contribution in [2.45, 2.75) is 104 Å². The molecule has 8 heteroatoms. The van der Waals surface area contributed by atoms with Gasteiger partial charge in [0.15, 0.2) is 12.4 Å². The van der Waals surface area contributed by atoms with E-state index in [-0.39, 0.29) is 35.1 Å². The zero-order valence-electron chi connectivity index (χ0n) is 20.9. The van der Waals surface area contributed by atoms with E-state index in [0.717, 1.165) is 19.3 Å². The van der Waals surface area contributed by atoms with E-state index in [1.54, 1.807) is 0 Å². The van der Waals surface area contributed by atoms with Crippen molar-refractivity contribution in [1.29, 1.82) is 0 Å². The second-order valence-electron chi connectivity index (χ2n) is 12.1. The Morgan fingerprint density at radius 3 is 2.56 bits per heavy atom. The van der Waals surface area contributed by atoms with Crippen molar-refractivity contribution < 1.29 is 38.4 Å². The highest BCUT2D eigenvalue weighted by atomic mass is 16.8. The van der Waals surface area contributed by atoms with Crippen molar-refractivity contribution in [1.82, 2.24) is 0 Å². The Hall–Kier alpha value is -1.67. The highest BCUT2D eigenvalue weighted by molar-refractivity contribution is 5.76. The van der Waals surface area contributed by atoms with Crippen LogP contribution in [0, 0.1) is 39.9 Å². The molecule has 1 N–H and O–H groups in total. The summed E-state index contributed by atoms with van der Waals surface area (Å²) in [6, 6.07) is 0. The van der Waals surface area contributed by atoms with Crippen molar-refractivity contribution in [2.24, 2.45) is 39.9 Å². The van der Waals surface area contributed by atoms with Crippen molar-refractivity contribution in [3.8, 4) is 0 Å². The molecule has 2 saturated heterocycles. The highest BCUT2D eigenvalue weighted by Crippen LogP contribution is 2.74. The summed E-state index contributed by atoms with van der Waals surface area (Å²) in [6.45, 7) is 9.92. The van der Waals surface area contributed by atoms with Gasteiger partial charge in [-0.1, -0.05) is 34.1 Å². The number of aliphatic hydroxyl groups is 1. The molecule has 0 amide bonds. The quantitative estimate of drug-likeness (QED) is 0.484. The van der Waals surface area contributed by atoms with E-state index >= 15 is 0 Å². The van der Waals surface area contributed by atoms with Gasteiger partial charge < -0.3 is 24.1 Å². The van der Waals surface area contributed by atoms with Gasteiger partial charge in [-0.2, -0.15) is 0 Å². The summed E-state index contributed by atoms with van der Waals surface area (Å²) in [5, 5.41) is 11.6. The Kier molecular flexibility index (Phi) is 5.60. The largest absolute Gasteiger partial charge is 0.458 e. The second-order valence-corrected chi connectivity index (χ2v) is 12.1. The molecule has 5 fully saturated rings. The summed E-state index contributed by atoms with van der Waals surface area (Å²) in [7, 11) is 0. The maximum absolute atomic E-state index is 13.0. The Balaban J connectivity index is 1.73. The third-order valence-corrected chi connectivity index (χ3v) is 9.92. The zero-order valence-corrected chi connectivity index (χ0v) is 20.9. The molecule has 10 atom stereocenters. The Labute approximate surface area is 201 Å². The number of hydrogen-bond acceptors (Lipinski definition) is 8. The number of hydrogen-bond donors (Lipinski definition) is 1. The standard InChI is InChI=1S/C26H38O8/c1-6-8-16(28)32-20-18(31-13(2)27)19-24(3,4)11-7-12-25(19,5)15-10-9-14-17-22(33-21(14)29)34-23(30)26(15,17)20/h14-15,17-20,22-23,30H,6-12H2,1-5H3/t14-,15-,17+,18-,19+,20-,22+,23-,25-,26+/m0/s1. The fourth-order valence-corrected chi connectivity index (χ4v) is 9.14. The van der Waals surface area contributed by atoms with Gasteiger partial charge in [0.1, 0.15) is 6.10 Å². The average molecular weight is 479 g/mol. The van der Waals surface area contributed by atoms with Crippen LogP contribution in [0.4, 0.5) is 0 Å². The van der Waals surface area contributed by atoms with Gasteiger partial charge in [0, 0.05) is 25.2 Å². The van der Waals surface area contributed by atoms with Gasteiger partial charge in [0.2, 0.25) is 6.29 Å². The molecular formula is C26H38O8. The van der Waals surface area contributed by atoms with Crippen molar-refractivity contribution in [3.63, 3.8) is 0 Å². The lowest BCUT2D eigenvalue weighted by Crippen LogP contribution is -2.73. The molecule has 0 unspecified atom stereocenters. The summed E-state index contributed by atoms with van der Waals surface area (Å²) >= 11 is 0. The molecule has 0 bridgehead atoms. The highest BCUT2D eigenvalue weighted by Gasteiger charge is 2.81. The normalized spacial score (nSPS) is 48.2. The molecule has 0 radical (unpaired) electrons. The molecule has 2 aliphatic heterocycles. The maximum Gasteiger partial charge on any atom is 0.311 e. The van der Waals surface area contributed by atoms with Gasteiger partial charge in [0.05, 0.1) is 11.3 Å². The van der Waals surface area contributed by atoms with Crippen LogP contribution in [-0.4, -0.2) is 47.8 Å². The molecule has 1 spiro atoms. The maximum atomic E-state index is 13.0. The van der Waals surface area contributed by atoms with Crippen molar-refractivity contribution in [3.05, 3.63) is 0 Å². The summed E-state index contributed by atoms with van der Waals surface area (Å²) in [6.07, 6.45) is 1.24. The molecule has 3 aliphatic carbocycles. The lowest BCUT2D eigenvalue weighted by Gasteiger charge is -2.68. The zero-order chi connectivity index (χ0) is 24.6. The summed E-state index contributed by atoms with van der Waals surface area (Å²) < 4.78 is 23.8. The first kappa shape index (κ1) is 24.0. The SMILES string of the molecule is CCCC(=O)O[C@H]1[C@@H](OC(C)=O)[C@@H]2C(C)(C)CCC[C@@]2(C)[C@@H]2CC[C@@H]3C(=O)O[C@@H]4O[C@H](O)[C@]12[C@@H]43. The van der Waals surface area contributed by atoms with Crippen LogP contribution >= 0.6 is 0 Å². The smallest absolute Gasteiger partial charge is 0.311 e. The van der Waals surface area contributed by atoms with Crippen LogP contribution in [0.3, 0.4) is 0 Å². The predicted molar refractivity (Wildman–Crippen MR) is 119 cm³/mol.